The number of hydrogen-bond donors (Lipinski definition) is 3. The summed E-state index contributed by atoms with van der Waals surface area (Å²) in [4.78, 5) is 18.4. The zero-order valence-electron chi connectivity index (χ0n) is 9.79. The lowest BCUT2D eigenvalue weighted by Crippen LogP contribution is -2.19. The molecule has 0 aliphatic carbocycles. The maximum Gasteiger partial charge on any atom is 0.308 e. The smallest absolute Gasteiger partial charge is 0.308 e. The fourth-order valence-electron chi connectivity index (χ4n) is 1.73. The predicted octanol–water partition coefficient (Wildman–Crippen LogP) is 1.05. The molecule has 0 bridgehead atoms. The third-order valence-electron chi connectivity index (χ3n) is 2.62. The monoisotopic (exact) mass is 254 g/mol. The van der Waals surface area contributed by atoms with Crippen LogP contribution < -0.4 is 5.43 Å². The molecular weight excluding hydrogens is 244 g/mol. The summed E-state index contributed by atoms with van der Waals surface area (Å²) in [5, 5.41) is 11.0. The maximum atomic E-state index is 11.5. The topological polar surface area (TPSA) is 98.8 Å². The van der Waals surface area contributed by atoms with Crippen molar-refractivity contribution in [3.05, 3.63) is 48.2 Å². The number of carbonyl (C=O) groups excluding carboxylic acids is 1. The lowest BCUT2D eigenvalue weighted by atomic mass is 10.2. The summed E-state index contributed by atoms with van der Waals surface area (Å²) >= 11 is 0. The number of fused-ring (bicyclic) bond motifs is 1. The van der Waals surface area contributed by atoms with Crippen molar-refractivity contribution in [1.82, 2.24) is 25.6 Å². The highest BCUT2D eigenvalue weighted by molar-refractivity contribution is 5.99. The van der Waals surface area contributed by atoms with Crippen molar-refractivity contribution in [2.75, 3.05) is 0 Å². The Hall–Kier alpha value is -2.96. The number of nitrogens with zero attached hydrogens (tertiary/aromatic N) is 3. The van der Waals surface area contributed by atoms with E-state index in [1.165, 1.54) is 6.33 Å². The van der Waals surface area contributed by atoms with Crippen LogP contribution in [0.15, 0.2) is 41.9 Å². The van der Waals surface area contributed by atoms with E-state index in [2.05, 4.69) is 30.7 Å². The molecule has 0 radical (unpaired) electrons. The lowest BCUT2D eigenvalue weighted by Gasteiger charge is -1.94. The second kappa shape index (κ2) is 4.73. The molecule has 94 valence electrons. The van der Waals surface area contributed by atoms with Gasteiger partial charge in [-0.15, -0.1) is 0 Å². The van der Waals surface area contributed by atoms with Gasteiger partial charge in [0.2, 0.25) is 5.82 Å². The zero-order valence-corrected chi connectivity index (χ0v) is 9.79. The normalized spacial score (nSPS) is 11.2. The van der Waals surface area contributed by atoms with Crippen molar-refractivity contribution in [1.29, 1.82) is 0 Å². The van der Waals surface area contributed by atoms with E-state index >= 15 is 0 Å². The van der Waals surface area contributed by atoms with Crippen molar-refractivity contribution < 1.29 is 4.79 Å². The molecule has 3 rings (SSSR count). The van der Waals surface area contributed by atoms with E-state index in [4.69, 9.17) is 0 Å². The summed E-state index contributed by atoms with van der Waals surface area (Å²) in [7, 11) is 0. The standard InChI is InChI=1S/C12H10N6O/c19-12(11-14-7-16-17-11)18-15-6-8-5-13-10-4-2-1-3-9(8)10/h1-7,13H,(H,18,19)(H,14,16,17). The number of amides is 1. The molecular formula is C12H10N6O. The fraction of sp³-hybridized carbons (Fsp3) is 0. The number of rotatable bonds is 3. The molecule has 2 aromatic heterocycles. The van der Waals surface area contributed by atoms with Gasteiger partial charge in [0.05, 0.1) is 6.21 Å². The van der Waals surface area contributed by atoms with Gasteiger partial charge >= 0.3 is 5.91 Å². The number of para-hydroxylation sites is 1. The third kappa shape index (κ3) is 2.21. The number of nitrogens with one attached hydrogen (secondary N) is 3. The first-order chi connectivity index (χ1) is 9.34. The molecule has 0 spiro atoms. The molecule has 19 heavy (non-hydrogen) atoms. The summed E-state index contributed by atoms with van der Waals surface area (Å²) in [6.07, 6.45) is 4.67. The molecule has 3 N–H and O–H groups in total. The van der Waals surface area contributed by atoms with Gasteiger partial charge in [-0.1, -0.05) is 18.2 Å². The number of aromatic nitrogens is 4. The maximum absolute atomic E-state index is 11.5. The number of benzene rings is 1. The van der Waals surface area contributed by atoms with Gasteiger partial charge in [0.25, 0.3) is 0 Å². The molecule has 1 aromatic carbocycles. The zero-order chi connectivity index (χ0) is 13.1. The Balaban J connectivity index is 1.75. The highest BCUT2D eigenvalue weighted by atomic mass is 16.2. The van der Waals surface area contributed by atoms with Gasteiger partial charge in [0.15, 0.2) is 0 Å². The van der Waals surface area contributed by atoms with Crippen LogP contribution in [-0.2, 0) is 0 Å². The van der Waals surface area contributed by atoms with E-state index in [1.54, 1.807) is 6.21 Å². The van der Waals surface area contributed by atoms with Crippen LogP contribution in [0.5, 0.6) is 0 Å². The summed E-state index contributed by atoms with van der Waals surface area (Å²) in [5.41, 5.74) is 4.29. The second-order valence-electron chi connectivity index (χ2n) is 3.82. The van der Waals surface area contributed by atoms with E-state index < -0.39 is 5.91 Å². The first-order valence-corrected chi connectivity index (χ1v) is 5.59. The predicted molar refractivity (Wildman–Crippen MR) is 69.7 cm³/mol. The van der Waals surface area contributed by atoms with Gasteiger partial charge in [0.1, 0.15) is 6.33 Å². The molecule has 7 nitrogen and oxygen atoms in total. The van der Waals surface area contributed by atoms with Gasteiger partial charge in [-0.05, 0) is 6.07 Å². The average molecular weight is 254 g/mol. The molecule has 0 unspecified atom stereocenters. The number of hydrogen-bond acceptors (Lipinski definition) is 4. The van der Waals surface area contributed by atoms with E-state index in [-0.39, 0.29) is 5.82 Å². The lowest BCUT2D eigenvalue weighted by molar-refractivity contribution is 0.0945. The molecule has 1 amide bonds. The third-order valence-corrected chi connectivity index (χ3v) is 2.62. The van der Waals surface area contributed by atoms with Crippen LogP contribution in [0.4, 0.5) is 0 Å². The Bertz CT molecular complexity index is 728. The van der Waals surface area contributed by atoms with Gasteiger partial charge in [-0.3, -0.25) is 9.89 Å². The van der Waals surface area contributed by atoms with Crippen molar-refractivity contribution >= 4 is 23.0 Å². The quantitative estimate of drug-likeness (QED) is 0.481. The summed E-state index contributed by atoms with van der Waals surface area (Å²) in [6, 6.07) is 7.84. The molecule has 0 atom stereocenters. The number of H-pyrrole nitrogens is 2. The highest BCUT2D eigenvalue weighted by Crippen LogP contribution is 2.15. The minimum atomic E-state index is -0.436. The van der Waals surface area contributed by atoms with Crippen LogP contribution in [0.2, 0.25) is 0 Å². The number of aromatic amines is 2. The summed E-state index contributed by atoms with van der Waals surface area (Å²) < 4.78 is 0. The van der Waals surface area contributed by atoms with Gasteiger partial charge in [-0.25, -0.2) is 10.4 Å². The number of carbonyl (C=O) groups is 1. The minimum Gasteiger partial charge on any atom is -0.361 e. The van der Waals surface area contributed by atoms with Crippen molar-refractivity contribution in [2.24, 2.45) is 5.10 Å². The summed E-state index contributed by atoms with van der Waals surface area (Å²) in [5.74, 6) is -0.315. The minimum absolute atomic E-state index is 0.121. The van der Waals surface area contributed by atoms with E-state index in [0.717, 1.165) is 16.5 Å². The second-order valence-corrected chi connectivity index (χ2v) is 3.82. The molecule has 0 aliphatic rings. The fourth-order valence-corrected chi connectivity index (χ4v) is 1.73. The summed E-state index contributed by atoms with van der Waals surface area (Å²) in [6.45, 7) is 0. The van der Waals surface area contributed by atoms with Gasteiger partial charge in [-0.2, -0.15) is 10.2 Å². The first-order valence-electron chi connectivity index (χ1n) is 5.59. The van der Waals surface area contributed by atoms with Crippen LogP contribution >= 0.6 is 0 Å². The molecule has 0 saturated carbocycles. The van der Waals surface area contributed by atoms with Gasteiger partial charge < -0.3 is 4.98 Å². The van der Waals surface area contributed by atoms with Crippen LogP contribution in [0, 0.1) is 0 Å². The SMILES string of the molecule is O=C(NN=Cc1c[nH]c2ccccc12)c1ncn[nH]1. The van der Waals surface area contributed by atoms with E-state index in [9.17, 15) is 4.79 Å². The Morgan fingerprint density at radius 1 is 1.37 bits per heavy atom. The van der Waals surface area contributed by atoms with Crippen molar-refractivity contribution in [2.45, 2.75) is 0 Å². The van der Waals surface area contributed by atoms with Crippen molar-refractivity contribution in [3.63, 3.8) is 0 Å². The molecule has 0 aliphatic heterocycles. The van der Waals surface area contributed by atoms with E-state index in [1.807, 2.05) is 30.5 Å². The molecule has 2 heterocycles. The Labute approximate surface area is 107 Å². The molecule has 3 aromatic rings. The average Bonchev–Trinajstić information content (AvgIpc) is 3.08. The Morgan fingerprint density at radius 2 is 2.26 bits per heavy atom. The van der Waals surface area contributed by atoms with Crippen molar-refractivity contribution in [3.8, 4) is 0 Å². The van der Waals surface area contributed by atoms with Crippen LogP contribution in [0.1, 0.15) is 16.2 Å². The van der Waals surface area contributed by atoms with Crippen LogP contribution in [0.3, 0.4) is 0 Å². The molecule has 0 fully saturated rings. The van der Waals surface area contributed by atoms with E-state index in [0.29, 0.717) is 0 Å². The van der Waals surface area contributed by atoms with Gasteiger partial charge in [0, 0.05) is 22.7 Å². The molecule has 0 saturated heterocycles. The van der Waals surface area contributed by atoms with Crippen LogP contribution in [0.25, 0.3) is 10.9 Å². The Morgan fingerprint density at radius 3 is 3.11 bits per heavy atom. The van der Waals surface area contributed by atoms with Crippen LogP contribution in [-0.4, -0.2) is 32.3 Å². The molecule has 7 heteroatoms. The highest BCUT2D eigenvalue weighted by Gasteiger charge is 2.06. The largest absolute Gasteiger partial charge is 0.361 e. The number of hydrazone groups is 1. The first kappa shape index (κ1) is 11.1. The Kier molecular flexibility index (Phi) is 2.77.